The Balaban J connectivity index is 2.29. The Bertz CT molecular complexity index is 312. The summed E-state index contributed by atoms with van der Waals surface area (Å²) in [4.78, 5) is 34.4. The van der Waals surface area contributed by atoms with E-state index in [0.717, 1.165) is 17.7 Å². The molecule has 2 atom stereocenters. The van der Waals surface area contributed by atoms with Crippen molar-refractivity contribution in [3.63, 3.8) is 0 Å². The number of amides is 2. The van der Waals surface area contributed by atoms with E-state index in [1.54, 1.807) is 0 Å². The Morgan fingerprint density at radius 3 is 2.71 bits per heavy atom. The molecule has 0 bridgehead atoms. The molecule has 0 spiro atoms. The molecule has 5 heteroatoms. The van der Waals surface area contributed by atoms with Gasteiger partial charge in [-0.1, -0.05) is 6.42 Å². The van der Waals surface area contributed by atoms with Crippen molar-refractivity contribution in [1.29, 1.82) is 0 Å². The molecule has 14 heavy (non-hydrogen) atoms. The van der Waals surface area contributed by atoms with Gasteiger partial charge in [-0.2, -0.15) is 0 Å². The van der Waals surface area contributed by atoms with Crippen molar-refractivity contribution in [2.24, 2.45) is 5.92 Å². The van der Waals surface area contributed by atoms with Crippen molar-refractivity contribution in [2.75, 3.05) is 0 Å². The van der Waals surface area contributed by atoms with Crippen LogP contribution in [0.15, 0.2) is 0 Å². The lowest BCUT2D eigenvalue weighted by Gasteiger charge is -2.32. The predicted molar refractivity (Wildman–Crippen MR) is 45.6 cm³/mol. The lowest BCUT2D eigenvalue weighted by Crippen LogP contribution is -2.52. The van der Waals surface area contributed by atoms with Gasteiger partial charge in [-0.15, -0.1) is 0 Å². The SMILES string of the molecule is O=C1CC(=O)N(C(=O)O)[C@@H]2CCC[C@H]12. The summed E-state index contributed by atoms with van der Waals surface area (Å²) < 4.78 is 0. The van der Waals surface area contributed by atoms with Gasteiger partial charge in [0.15, 0.2) is 0 Å². The number of Topliss-reactive ketones (excluding diaryl/α,β-unsaturated/α-hetero) is 1. The summed E-state index contributed by atoms with van der Waals surface area (Å²) in [6.45, 7) is 0. The molecule has 2 rings (SSSR count). The minimum absolute atomic E-state index is 0.0880. The first-order valence-electron chi connectivity index (χ1n) is 4.69. The lowest BCUT2D eigenvalue weighted by molar-refractivity contribution is -0.143. The number of hydrogen-bond donors (Lipinski definition) is 1. The molecule has 0 unspecified atom stereocenters. The van der Waals surface area contributed by atoms with Crippen molar-refractivity contribution in [3.8, 4) is 0 Å². The second-order valence-electron chi connectivity index (χ2n) is 3.79. The molecule has 1 N–H and O–H groups in total. The zero-order valence-corrected chi connectivity index (χ0v) is 7.60. The standard InChI is InChI=1S/C9H11NO4/c11-7-4-8(12)10(9(13)14)6-3-1-2-5(6)7/h5-6H,1-4H2,(H,13,14)/t5-,6+/m0/s1. The molecule has 0 aromatic heterocycles. The molecule has 76 valence electrons. The first-order chi connectivity index (χ1) is 6.61. The number of carbonyl (C=O) groups is 3. The average Bonchev–Trinajstić information content (AvgIpc) is 2.51. The summed E-state index contributed by atoms with van der Waals surface area (Å²) in [5.74, 6) is -0.885. The van der Waals surface area contributed by atoms with E-state index in [2.05, 4.69) is 0 Å². The van der Waals surface area contributed by atoms with Crippen molar-refractivity contribution in [2.45, 2.75) is 31.7 Å². The van der Waals surface area contributed by atoms with E-state index < -0.39 is 12.0 Å². The maximum absolute atomic E-state index is 11.4. The molecular formula is C9H11NO4. The minimum atomic E-state index is -1.22. The number of imide groups is 1. The van der Waals surface area contributed by atoms with Gasteiger partial charge in [0, 0.05) is 5.92 Å². The van der Waals surface area contributed by atoms with Crippen LogP contribution in [0.5, 0.6) is 0 Å². The van der Waals surface area contributed by atoms with Gasteiger partial charge >= 0.3 is 6.09 Å². The van der Waals surface area contributed by atoms with Crippen LogP contribution < -0.4 is 0 Å². The van der Waals surface area contributed by atoms with Crippen molar-refractivity contribution < 1.29 is 19.5 Å². The van der Waals surface area contributed by atoms with Crippen LogP contribution in [0.3, 0.4) is 0 Å². The average molecular weight is 197 g/mol. The first-order valence-corrected chi connectivity index (χ1v) is 4.69. The second-order valence-corrected chi connectivity index (χ2v) is 3.79. The molecule has 2 amide bonds. The molecule has 1 heterocycles. The van der Waals surface area contributed by atoms with Crippen molar-refractivity contribution in [1.82, 2.24) is 4.90 Å². The lowest BCUT2D eigenvalue weighted by atomic mass is 9.90. The number of piperidine rings is 1. The van der Waals surface area contributed by atoms with E-state index in [1.807, 2.05) is 0 Å². The van der Waals surface area contributed by atoms with E-state index in [0.29, 0.717) is 6.42 Å². The normalized spacial score (nSPS) is 31.9. The fraction of sp³-hybridized carbons (Fsp3) is 0.667. The van der Waals surface area contributed by atoms with Gasteiger partial charge in [-0.3, -0.25) is 9.59 Å². The third kappa shape index (κ3) is 1.20. The molecule has 1 aliphatic heterocycles. The van der Waals surface area contributed by atoms with Gasteiger partial charge in [0.25, 0.3) is 0 Å². The summed E-state index contributed by atoms with van der Waals surface area (Å²) in [6, 6.07) is -0.388. The van der Waals surface area contributed by atoms with Crippen LogP contribution >= 0.6 is 0 Å². The van der Waals surface area contributed by atoms with Crippen LogP contribution in [0.2, 0.25) is 0 Å². The number of likely N-dealkylation sites (tertiary alicyclic amines) is 1. The Hall–Kier alpha value is -1.39. The summed E-state index contributed by atoms with van der Waals surface area (Å²) in [6.07, 6.45) is 0.722. The molecule has 0 radical (unpaired) electrons. The molecule has 5 nitrogen and oxygen atoms in total. The molecule has 1 saturated heterocycles. The van der Waals surface area contributed by atoms with E-state index in [9.17, 15) is 14.4 Å². The van der Waals surface area contributed by atoms with Gasteiger partial charge in [0.2, 0.25) is 5.91 Å². The fourth-order valence-electron chi connectivity index (χ4n) is 2.42. The van der Waals surface area contributed by atoms with Gasteiger partial charge < -0.3 is 5.11 Å². The Morgan fingerprint density at radius 2 is 2.07 bits per heavy atom. The van der Waals surface area contributed by atoms with Crippen LogP contribution in [0, 0.1) is 5.92 Å². The van der Waals surface area contributed by atoms with Gasteiger partial charge in [-0.25, -0.2) is 9.69 Å². The Kier molecular flexibility index (Phi) is 2.02. The van der Waals surface area contributed by atoms with Crippen LogP contribution in [0.1, 0.15) is 25.7 Å². The van der Waals surface area contributed by atoms with Crippen LogP contribution in [0.25, 0.3) is 0 Å². The van der Waals surface area contributed by atoms with E-state index in [1.165, 1.54) is 0 Å². The van der Waals surface area contributed by atoms with Gasteiger partial charge in [0.05, 0.1) is 12.5 Å². The van der Waals surface area contributed by atoms with Gasteiger partial charge in [-0.05, 0) is 12.8 Å². The van der Waals surface area contributed by atoms with Crippen LogP contribution in [0.4, 0.5) is 4.79 Å². The highest BCUT2D eigenvalue weighted by molar-refractivity contribution is 6.07. The summed E-state index contributed by atoms with van der Waals surface area (Å²) in [5, 5.41) is 8.84. The zero-order chi connectivity index (χ0) is 10.3. The third-order valence-electron chi connectivity index (χ3n) is 3.02. The summed E-state index contributed by atoms with van der Waals surface area (Å²) in [5.41, 5.74) is 0. The van der Waals surface area contributed by atoms with Crippen LogP contribution in [-0.2, 0) is 9.59 Å². The molecule has 0 aromatic rings. The molecule has 1 aliphatic carbocycles. The smallest absolute Gasteiger partial charge is 0.414 e. The molecule has 1 saturated carbocycles. The molecule has 2 fully saturated rings. The maximum atomic E-state index is 11.4. The highest BCUT2D eigenvalue weighted by atomic mass is 16.4. The summed E-state index contributed by atoms with van der Waals surface area (Å²) >= 11 is 0. The number of carboxylic acid groups (broad SMARTS) is 1. The van der Waals surface area contributed by atoms with E-state index in [-0.39, 0.29) is 24.2 Å². The summed E-state index contributed by atoms with van der Waals surface area (Å²) in [7, 11) is 0. The minimum Gasteiger partial charge on any atom is -0.465 e. The predicted octanol–water partition coefficient (Wildman–Crippen LogP) is 0.635. The highest BCUT2D eigenvalue weighted by Gasteiger charge is 2.46. The Morgan fingerprint density at radius 1 is 1.36 bits per heavy atom. The topological polar surface area (TPSA) is 74.7 Å². The zero-order valence-electron chi connectivity index (χ0n) is 7.60. The van der Waals surface area contributed by atoms with E-state index >= 15 is 0 Å². The number of fused-ring (bicyclic) bond motifs is 1. The van der Waals surface area contributed by atoms with Gasteiger partial charge in [0.1, 0.15) is 5.78 Å². The monoisotopic (exact) mass is 197 g/mol. The number of nitrogens with zero attached hydrogens (tertiary/aromatic N) is 1. The third-order valence-corrected chi connectivity index (χ3v) is 3.02. The molecule has 2 aliphatic rings. The largest absolute Gasteiger partial charge is 0.465 e. The second kappa shape index (κ2) is 3.08. The Labute approximate surface area is 80.7 Å². The quantitative estimate of drug-likeness (QED) is 0.578. The number of hydrogen-bond acceptors (Lipinski definition) is 3. The molecule has 0 aromatic carbocycles. The fourth-order valence-corrected chi connectivity index (χ4v) is 2.42. The van der Waals surface area contributed by atoms with Crippen LogP contribution in [-0.4, -0.2) is 33.8 Å². The number of rotatable bonds is 0. The first kappa shape index (κ1) is 9.18. The molecular weight excluding hydrogens is 186 g/mol. The maximum Gasteiger partial charge on any atom is 0.414 e. The van der Waals surface area contributed by atoms with E-state index in [4.69, 9.17) is 5.11 Å². The highest BCUT2D eigenvalue weighted by Crippen LogP contribution is 2.35. The number of ketones is 1. The van der Waals surface area contributed by atoms with Crippen molar-refractivity contribution in [3.05, 3.63) is 0 Å². The van der Waals surface area contributed by atoms with Crippen molar-refractivity contribution >= 4 is 17.8 Å². The number of carbonyl (C=O) groups excluding carboxylic acids is 2.